The molecule has 2 aromatic rings. The fourth-order valence-corrected chi connectivity index (χ4v) is 4.24. The lowest BCUT2D eigenvalue weighted by atomic mass is 9.97. The van der Waals surface area contributed by atoms with Crippen LogP contribution in [0, 0.1) is 0 Å². The van der Waals surface area contributed by atoms with Crippen molar-refractivity contribution in [3.8, 4) is 0 Å². The molecule has 5 nitrogen and oxygen atoms in total. The van der Waals surface area contributed by atoms with E-state index in [2.05, 4.69) is 35.5 Å². The molecule has 31 heavy (non-hydrogen) atoms. The number of anilines is 1. The Morgan fingerprint density at radius 2 is 2.06 bits per heavy atom. The molecule has 1 saturated carbocycles. The number of aryl methyl sites for hydroxylation is 1. The van der Waals surface area contributed by atoms with Gasteiger partial charge >= 0.3 is 0 Å². The van der Waals surface area contributed by atoms with Crippen LogP contribution in [0.5, 0.6) is 0 Å². The number of amides is 1. The first kappa shape index (κ1) is 21.0. The van der Waals surface area contributed by atoms with E-state index in [9.17, 15) is 4.79 Å². The van der Waals surface area contributed by atoms with Crippen molar-refractivity contribution in [1.29, 1.82) is 0 Å². The summed E-state index contributed by atoms with van der Waals surface area (Å²) in [5.41, 5.74) is 6.38. The summed E-state index contributed by atoms with van der Waals surface area (Å²) in [4.78, 5) is 25.6. The van der Waals surface area contributed by atoms with Gasteiger partial charge in [0.1, 0.15) is 5.84 Å². The second kappa shape index (κ2) is 8.14. The van der Waals surface area contributed by atoms with E-state index in [1.165, 1.54) is 24.0 Å². The fourth-order valence-electron chi connectivity index (χ4n) is 4.24. The third kappa shape index (κ3) is 3.92. The van der Waals surface area contributed by atoms with E-state index in [1.807, 2.05) is 37.5 Å². The largest absolute Gasteiger partial charge is 0.345 e. The highest BCUT2D eigenvalue weighted by molar-refractivity contribution is 6.02. The van der Waals surface area contributed by atoms with Crippen LogP contribution in [0.3, 0.4) is 0 Å². The molecule has 0 N–H and O–H groups in total. The zero-order valence-corrected chi connectivity index (χ0v) is 18.9. The predicted octanol–water partition coefficient (Wildman–Crippen LogP) is 4.84. The van der Waals surface area contributed by atoms with Gasteiger partial charge in [0.15, 0.2) is 0 Å². The maximum atomic E-state index is 12.5. The lowest BCUT2D eigenvalue weighted by Crippen LogP contribution is -2.29. The van der Waals surface area contributed by atoms with Crippen molar-refractivity contribution in [3.05, 3.63) is 77.8 Å². The molecule has 2 aliphatic rings. The molecule has 0 radical (unpaired) electrons. The van der Waals surface area contributed by atoms with Gasteiger partial charge in [0.2, 0.25) is 0 Å². The number of allylic oxidation sites excluding steroid dienone is 2. The molecule has 1 aliphatic heterocycles. The van der Waals surface area contributed by atoms with Crippen LogP contribution in [0.15, 0.2) is 60.4 Å². The van der Waals surface area contributed by atoms with Crippen LogP contribution < -0.4 is 4.90 Å². The van der Waals surface area contributed by atoms with Gasteiger partial charge < -0.3 is 9.80 Å². The number of hydrogen-bond acceptors (Lipinski definition) is 3. The van der Waals surface area contributed by atoms with E-state index in [1.54, 1.807) is 25.1 Å². The van der Waals surface area contributed by atoms with Crippen LogP contribution in [0.4, 0.5) is 5.69 Å². The number of aromatic nitrogens is 1. The minimum absolute atomic E-state index is 0.0183. The zero-order valence-electron chi connectivity index (χ0n) is 18.9. The number of carbonyl (C=O) groups is 1. The number of pyridine rings is 1. The highest BCUT2D eigenvalue weighted by Gasteiger charge is 2.52. The number of amidine groups is 1. The lowest BCUT2D eigenvalue weighted by Gasteiger charge is -2.20. The van der Waals surface area contributed by atoms with Crippen molar-refractivity contribution in [3.63, 3.8) is 0 Å². The summed E-state index contributed by atoms with van der Waals surface area (Å²) in [5, 5.41) is 0. The van der Waals surface area contributed by atoms with Gasteiger partial charge in [-0.3, -0.25) is 9.78 Å². The van der Waals surface area contributed by atoms with E-state index >= 15 is 0 Å². The van der Waals surface area contributed by atoms with Crippen molar-refractivity contribution >= 4 is 23.0 Å². The standard InChI is InChI=1S/C26H30N4O/c1-6-19-10-13-27-23(14-19)20(7-2)16-28-18(3)30-17-26(11-12-26)22-9-8-21(15-24(22)30)25(31)29(4)5/h7-10,13-16H,2,6,11-12,17H2,1,3-5H3/b20-16+,28-18+. The van der Waals surface area contributed by atoms with Gasteiger partial charge in [-0.2, -0.15) is 0 Å². The number of hydrogen-bond donors (Lipinski definition) is 0. The van der Waals surface area contributed by atoms with Gasteiger partial charge in [-0.05, 0) is 61.6 Å². The third-order valence-corrected chi connectivity index (χ3v) is 6.36. The molecule has 160 valence electrons. The van der Waals surface area contributed by atoms with Gasteiger partial charge in [0.25, 0.3) is 5.91 Å². The van der Waals surface area contributed by atoms with Crippen molar-refractivity contribution in [2.75, 3.05) is 25.5 Å². The van der Waals surface area contributed by atoms with Crippen LogP contribution in [-0.4, -0.2) is 42.3 Å². The van der Waals surface area contributed by atoms with Crippen LogP contribution in [0.25, 0.3) is 5.57 Å². The predicted molar refractivity (Wildman–Crippen MR) is 128 cm³/mol. The van der Waals surface area contributed by atoms with Crippen LogP contribution in [0.1, 0.15) is 53.9 Å². The first-order valence-electron chi connectivity index (χ1n) is 10.8. The van der Waals surface area contributed by atoms with Crippen LogP contribution >= 0.6 is 0 Å². The Hall–Kier alpha value is -3.21. The van der Waals surface area contributed by atoms with Gasteiger partial charge in [0.05, 0.1) is 5.69 Å². The molecule has 0 saturated heterocycles. The SMILES string of the molecule is C=C/C(=C\N=C(/C)N1CC2(CC2)c2ccc(C(=O)N(C)C)cc21)c1cc(CC)ccn1. The molecule has 0 atom stereocenters. The average molecular weight is 415 g/mol. The summed E-state index contributed by atoms with van der Waals surface area (Å²) in [6.07, 6.45) is 8.81. The lowest BCUT2D eigenvalue weighted by molar-refractivity contribution is 0.0827. The normalized spacial score (nSPS) is 17.0. The van der Waals surface area contributed by atoms with E-state index in [0.29, 0.717) is 5.56 Å². The first-order chi connectivity index (χ1) is 14.9. The van der Waals surface area contributed by atoms with Gasteiger partial charge in [-0.15, -0.1) is 0 Å². The summed E-state index contributed by atoms with van der Waals surface area (Å²) in [6.45, 7) is 9.02. The van der Waals surface area contributed by atoms with E-state index < -0.39 is 0 Å². The summed E-state index contributed by atoms with van der Waals surface area (Å²) in [5.74, 6) is 0.926. The number of benzene rings is 1. The smallest absolute Gasteiger partial charge is 0.253 e. The van der Waals surface area contributed by atoms with Gasteiger partial charge in [-0.1, -0.05) is 25.6 Å². The van der Waals surface area contributed by atoms with Gasteiger partial charge in [-0.25, -0.2) is 4.99 Å². The molecule has 1 fully saturated rings. The van der Waals surface area contributed by atoms with E-state index in [4.69, 9.17) is 4.99 Å². The Labute approximate surface area is 184 Å². The molecule has 5 heteroatoms. The minimum Gasteiger partial charge on any atom is -0.345 e. The first-order valence-corrected chi connectivity index (χ1v) is 10.8. The topological polar surface area (TPSA) is 48.8 Å². The summed E-state index contributed by atoms with van der Waals surface area (Å²) in [6, 6.07) is 10.2. The highest BCUT2D eigenvalue weighted by Crippen LogP contribution is 2.56. The molecule has 0 unspecified atom stereocenters. The molecule has 1 aliphatic carbocycles. The second-order valence-electron chi connectivity index (χ2n) is 8.67. The Kier molecular flexibility index (Phi) is 5.52. The fraction of sp³-hybridized carbons (Fsp3) is 0.346. The van der Waals surface area contributed by atoms with E-state index in [0.717, 1.165) is 35.8 Å². The average Bonchev–Trinajstić information content (AvgIpc) is 3.49. The molecular weight excluding hydrogens is 384 g/mol. The quantitative estimate of drug-likeness (QED) is 0.399. The number of aliphatic imine (C=N–C) groups is 1. The second-order valence-corrected chi connectivity index (χ2v) is 8.67. The molecule has 1 aromatic heterocycles. The Bertz CT molecular complexity index is 1090. The number of nitrogens with zero attached hydrogens (tertiary/aromatic N) is 4. The Morgan fingerprint density at radius 1 is 1.29 bits per heavy atom. The van der Waals surface area contributed by atoms with Crippen LogP contribution in [-0.2, 0) is 11.8 Å². The molecule has 1 amide bonds. The molecule has 2 heterocycles. The zero-order chi connectivity index (χ0) is 22.2. The number of carbonyl (C=O) groups excluding carboxylic acids is 1. The molecule has 1 spiro atoms. The monoisotopic (exact) mass is 414 g/mol. The van der Waals surface area contributed by atoms with Crippen molar-refractivity contribution in [1.82, 2.24) is 9.88 Å². The number of rotatable bonds is 5. The third-order valence-electron chi connectivity index (χ3n) is 6.36. The minimum atomic E-state index is 0.0183. The van der Waals surface area contributed by atoms with Crippen molar-refractivity contribution < 1.29 is 4.79 Å². The number of fused-ring (bicyclic) bond motifs is 2. The van der Waals surface area contributed by atoms with Crippen molar-refractivity contribution in [2.45, 2.75) is 38.5 Å². The van der Waals surface area contributed by atoms with Crippen LogP contribution in [0.2, 0.25) is 0 Å². The van der Waals surface area contributed by atoms with E-state index in [-0.39, 0.29) is 11.3 Å². The van der Waals surface area contributed by atoms with Gasteiger partial charge in [0, 0.05) is 55.3 Å². The summed E-state index contributed by atoms with van der Waals surface area (Å²) >= 11 is 0. The summed E-state index contributed by atoms with van der Waals surface area (Å²) in [7, 11) is 3.57. The van der Waals surface area contributed by atoms with Crippen molar-refractivity contribution in [2.24, 2.45) is 4.99 Å². The molecule has 4 rings (SSSR count). The summed E-state index contributed by atoms with van der Waals surface area (Å²) < 4.78 is 0. The Morgan fingerprint density at radius 3 is 2.71 bits per heavy atom. The Balaban J connectivity index is 1.67. The molecule has 0 bridgehead atoms. The highest BCUT2D eigenvalue weighted by atomic mass is 16.2. The molecule has 1 aromatic carbocycles. The maximum absolute atomic E-state index is 12.5. The molecular formula is C26H30N4O. The maximum Gasteiger partial charge on any atom is 0.253 e.